The molecule has 0 atom stereocenters. The summed E-state index contributed by atoms with van der Waals surface area (Å²) in [5.41, 5.74) is 1.24. The highest BCUT2D eigenvalue weighted by molar-refractivity contribution is 5.66. The summed E-state index contributed by atoms with van der Waals surface area (Å²) in [5.74, 6) is 0.778. The van der Waals surface area contributed by atoms with Crippen molar-refractivity contribution in [3.63, 3.8) is 0 Å². The normalized spacial score (nSPS) is 10.3. The van der Waals surface area contributed by atoms with Crippen molar-refractivity contribution in [2.24, 2.45) is 0 Å². The Bertz CT molecular complexity index is 385. The van der Waals surface area contributed by atoms with E-state index in [1.54, 1.807) is 0 Å². The summed E-state index contributed by atoms with van der Waals surface area (Å²) in [6.45, 7) is 2.59. The lowest BCUT2D eigenvalue weighted by molar-refractivity contribution is 0.127. The number of carbonyl (C=O) groups is 1. The fourth-order valence-corrected chi connectivity index (χ4v) is 1.34. The third-order valence-corrected chi connectivity index (χ3v) is 2.30. The number of nitrogens with one attached hydrogen (secondary N) is 1. The molecule has 0 radical (unpaired) electrons. The highest BCUT2D eigenvalue weighted by Crippen LogP contribution is 2.12. The molecule has 0 aromatic heterocycles. The molecule has 1 aromatic rings. The molecule has 1 N–H and O–H groups in total. The maximum Gasteiger partial charge on any atom is 0.406 e. The number of alkyl carbamates (subject to hydrolysis) is 1. The predicted molar refractivity (Wildman–Crippen MR) is 70.9 cm³/mol. The van der Waals surface area contributed by atoms with Gasteiger partial charge in [-0.05, 0) is 31.0 Å². The van der Waals surface area contributed by atoms with Gasteiger partial charge in [0.25, 0.3) is 0 Å². The Kier molecular flexibility index (Phi) is 6.40. The maximum absolute atomic E-state index is 10.8. The zero-order valence-corrected chi connectivity index (χ0v) is 10.8. The van der Waals surface area contributed by atoms with Crippen molar-refractivity contribution in [1.29, 1.82) is 0 Å². The largest absolute Gasteiger partial charge is 0.490 e. The van der Waals surface area contributed by atoms with Crippen molar-refractivity contribution in [2.45, 2.75) is 13.3 Å². The lowest BCUT2D eigenvalue weighted by atomic mass is 10.1. The first-order valence-electron chi connectivity index (χ1n) is 5.93. The summed E-state index contributed by atoms with van der Waals surface area (Å²) >= 11 is 0. The molecule has 4 heteroatoms. The fraction of sp³-hybridized carbons (Fsp3) is 0.357. The summed E-state index contributed by atoms with van der Waals surface area (Å²) in [6.07, 6.45) is 4.62. The van der Waals surface area contributed by atoms with Gasteiger partial charge in [0.05, 0.1) is 0 Å². The summed E-state index contributed by atoms with van der Waals surface area (Å²) in [7, 11) is 1.52. The average molecular weight is 249 g/mol. The van der Waals surface area contributed by atoms with E-state index in [-0.39, 0.29) is 6.61 Å². The summed E-state index contributed by atoms with van der Waals surface area (Å²) in [6, 6.07) is 7.88. The Morgan fingerprint density at radius 2 is 2.00 bits per heavy atom. The van der Waals surface area contributed by atoms with Gasteiger partial charge in [-0.25, -0.2) is 4.79 Å². The first kappa shape index (κ1) is 14.1. The van der Waals surface area contributed by atoms with Gasteiger partial charge in [0.1, 0.15) is 19.0 Å². The number of carbonyl (C=O) groups excluding carboxylic acids is 1. The molecule has 0 saturated carbocycles. The molecule has 0 fully saturated rings. The number of allylic oxidation sites excluding steroid dienone is 2. The van der Waals surface area contributed by atoms with Crippen LogP contribution in [0.3, 0.4) is 0 Å². The van der Waals surface area contributed by atoms with Crippen LogP contribution in [0.15, 0.2) is 36.4 Å². The minimum atomic E-state index is -0.444. The molecule has 0 heterocycles. The van der Waals surface area contributed by atoms with Crippen LogP contribution in [0.4, 0.5) is 4.79 Å². The fourth-order valence-electron chi connectivity index (χ4n) is 1.34. The Labute approximate surface area is 108 Å². The molecule has 4 nitrogen and oxygen atoms in total. The first-order valence-corrected chi connectivity index (χ1v) is 5.93. The second-order valence-electron chi connectivity index (χ2n) is 3.65. The van der Waals surface area contributed by atoms with Crippen molar-refractivity contribution in [1.82, 2.24) is 5.32 Å². The molecule has 0 unspecified atom stereocenters. The van der Waals surface area contributed by atoms with Crippen LogP contribution in [-0.4, -0.2) is 26.4 Å². The molecular weight excluding hydrogens is 230 g/mol. The second kappa shape index (κ2) is 8.17. The molecule has 18 heavy (non-hydrogen) atoms. The van der Waals surface area contributed by atoms with Gasteiger partial charge in [-0.15, -0.1) is 0 Å². The molecule has 0 aliphatic rings. The monoisotopic (exact) mass is 249 g/mol. The Balaban J connectivity index is 2.28. The molecule has 0 aliphatic heterocycles. The van der Waals surface area contributed by atoms with Gasteiger partial charge in [-0.2, -0.15) is 0 Å². The zero-order valence-electron chi connectivity index (χ0n) is 10.8. The van der Waals surface area contributed by atoms with Crippen molar-refractivity contribution >= 4 is 6.09 Å². The highest BCUT2D eigenvalue weighted by atomic mass is 16.6. The van der Waals surface area contributed by atoms with Gasteiger partial charge < -0.3 is 14.8 Å². The molecular formula is C14H19NO3. The molecule has 98 valence electrons. The number of ether oxygens (including phenoxy) is 2. The van der Waals surface area contributed by atoms with Crippen LogP contribution in [0.25, 0.3) is 0 Å². The predicted octanol–water partition coefficient (Wildman–Crippen LogP) is 2.54. The van der Waals surface area contributed by atoms with E-state index in [0.717, 1.165) is 12.2 Å². The van der Waals surface area contributed by atoms with Crippen LogP contribution in [0.5, 0.6) is 5.75 Å². The van der Waals surface area contributed by atoms with Crippen LogP contribution >= 0.6 is 0 Å². The van der Waals surface area contributed by atoms with Crippen LogP contribution < -0.4 is 10.1 Å². The van der Waals surface area contributed by atoms with E-state index in [1.165, 1.54) is 12.6 Å². The summed E-state index contributed by atoms with van der Waals surface area (Å²) in [4.78, 5) is 10.8. The molecule has 0 aliphatic carbocycles. The third-order valence-electron chi connectivity index (χ3n) is 2.30. The molecule has 0 spiro atoms. The molecule has 0 saturated heterocycles. The van der Waals surface area contributed by atoms with Gasteiger partial charge in [-0.1, -0.05) is 24.3 Å². The van der Waals surface area contributed by atoms with E-state index in [1.807, 2.05) is 37.3 Å². The van der Waals surface area contributed by atoms with Gasteiger partial charge in [0.2, 0.25) is 0 Å². The third kappa shape index (κ3) is 5.39. The van der Waals surface area contributed by atoms with E-state index in [2.05, 4.69) is 11.4 Å². The second-order valence-corrected chi connectivity index (χ2v) is 3.65. The molecule has 0 bridgehead atoms. The Morgan fingerprint density at radius 1 is 1.28 bits per heavy atom. The molecule has 1 amide bonds. The van der Waals surface area contributed by atoms with Gasteiger partial charge in [-0.3, -0.25) is 0 Å². The van der Waals surface area contributed by atoms with Crippen LogP contribution in [-0.2, 0) is 11.2 Å². The van der Waals surface area contributed by atoms with E-state index < -0.39 is 6.09 Å². The standard InChI is InChI=1S/C14H19NO3/c1-3-4-5-12-6-8-13(9-7-12)17-10-11-18-14(16)15-2/h3-4,6-9H,5,10-11H2,1-2H3,(H,15,16). The minimum absolute atomic E-state index is 0.236. The lowest BCUT2D eigenvalue weighted by Gasteiger charge is -2.07. The minimum Gasteiger partial charge on any atom is -0.490 e. The van der Waals surface area contributed by atoms with Gasteiger partial charge in [0, 0.05) is 7.05 Å². The number of amides is 1. The van der Waals surface area contributed by atoms with Gasteiger partial charge >= 0.3 is 6.09 Å². The zero-order chi connectivity index (χ0) is 13.2. The smallest absolute Gasteiger partial charge is 0.406 e. The molecule has 1 rings (SSSR count). The first-order chi connectivity index (χ1) is 8.76. The highest BCUT2D eigenvalue weighted by Gasteiger charge is 1.98. The van der Waals surface area contributed by atoms with Crippen molar-refractivity contribution in [3.05, 3.63) is 42.0 Å². The lowest BCUT2D eigenvalue weighted by Crippen LogP contribution is -2.21. The number of rotatable bonds is 6. The Morgan fingerprint density at radius 3 is 2.61 bits per heavy atom. The quantitative estimate of drug-likeness (QED) is 0.622. The number of benzene rings is 1. The van der Waals surface area contributed by atoms with Gasteiger partial charge in [0.15, 0.2) is 0 Å². The van der Waals surface area contributed by atoms with Crippen LogP contribution in [0, 0.1) is 0 Å². The van der Waals surface area contributed by atoms with Crippen molar-refractivity contribution in [3.8, 4) is 5.75 Å². The number of hydrogen-bond acceptors (Lipinski definition) is 3. The topological polar surface area (TPSA) is 47.6 Å². The maximum atomic E-state index is 10.8. The van der Waals surface area contributed by atoms with Crippen molar-refractivity contribution in [2.75, 3.05) is 20.3 Å². The average Bonchev–Trinajstić information content (AvgIpc) is 2.42. The van der Waals surface area contributed by atoms with E-state index in [4.69, 9.17) is 9.47 Å². The van der Waals surface area contributed by atoms with Crippen LogP contribution in [0.1, 0.15) is 12.5 Å². The van der Waals surface area contributed by atoms with E-state index in [9.17, 15) is 4.79 Å². The van der Waals surface area contributed by atoms with E-state index in [0.29, 0.717) is 6.61 Å². The van der Waals surface area contributed by atoms with Crippen LogP contribution in [0.2, 0.25) is 0 Å². The summed E-state index contributed by atoms with van der Waals surface area (Å²) in [5, 5.41) is 2.37. The SMILES string of the molecule is CC=CCc1ccc(OCCOC(=O)NC)cc1. The van der Waals surface area contributed by atoms with Crippen molar-refractivity contribution < 1.29 is 14.3 Å². The number of hydrogen-bond donors (Lipinski definition) is 1. The van der Waals surface area contributed by atoms with E-state index >= 15 is 0 Å². The summed E-state index contributed by atoms with van der Waals surface area (Å²) < 4.78 is 10.2. The Hall–Kier alpha value is -1.97. The molecule has 1 aromatic carbocycles.